The normalized spacial score (nSPS) is 20.4. The molecule has 2 amide bonds. The second-order valence-electron chi connectivity index (χ2n) is 5.99. The molecule has 0 saturated carbocycles. The maximum atomic E-state index is 12.5. The molecule has 0 spiro atoms. The molecule has 7 nitrogen and oxygen atoms in total. The zero-order valence-electron chi connectivity index (χ0n) is 13.9. The lowest BCUT2D eigenvalue weighted by atomic mass is 10.2. The number of carbonyl (C=O) groups is 2. The lowest BCUT2D eigenvalue weighted by Crippen LogP contribution is -2.52. The van der Waals surface area contributed by atoms with E-state index >= 15 is 0 Å². The number of nitrogens with zero attached hydrogens (tertiary/aromatic N) is 2. The molecule has 1 aromatic rings. The number of likely N-dealkylation sites (N-methyl/N-ethyl adjacent to an activating group) is 1. The molecule has 0 bridgehead atoms. The van der Waals surface area contributed by atoms with Gasteiger partial charge < -0.3 is 19.7 Å². The van der Waals surface area contributed by atoms with Crippen LogP contribution < -0.4 is 14.8 Å². The predicted octanol–water partition coefficient (Wildman–Crippen LogP) is 0.107. The van der Waals surface area contributed by atoms with Crippen LogP contribution in [0.25, 0.3) is 0 Å². The van der Waals surface area contributed by atoms with Crippen LogP contribution >= 0.6 is 0 Å². The smallest absolute Gasteiger partial charge is 0.236 e. The van der Waals surface area contributed by atoms with E-state index in [1.165, 1.54) is 0 Å². The first-order chi connectivity index (χ1) is 11.7. The summed E-state index contributed by atoms with van der Waals surface area (Å²) in [4.78, 5) is 27.6. The molecule has 0 aliphatic carbocycles. The van der Waals surface area contributed by atoms with Crippen LogP contribution in [-0.4, -0.2) is 73.6 Å². The fraction of sp³-hybridized carbons (Fsp3) is 0.529. The summed E-state index contributed by atoms with van der Waals surface area (Å²) in [6.07, 6.45) is -0.187. The number of nitrogens with one attached hydrogen (secondary N) is 1. The minimum Gasteiger partial charge on any atom is -0.486 e. The molecule has 1 fully saturated rings. The van der Waals surface area contributed by atoms with Gasteiger partial charge in [0, 0.05) is 19.6 Å². The third-order valence-corrected chi connectivity index (χ3v) is 4.20. The van der Waals surface area contributed by atoms with E-state index in [9.17, 15) is 9.59 Å². The van der Waals surface area contributed by atoms with E-state index in [4.69, 9.17) is 9.47 Å². The van der Waals surface area contributed by atoms with E-state index in [-0.39, 0.29) is 31.0 Å². The first-order valence-corrected chi connectivity index (χ1v) is 8.31. The molecule has 0 unspecified atom stereocenters. The van der Waals surface area contributed by atoms with Gasteiger partial charge in [0.1, 0.15) is 6.61 Å². The molecule has 0 aromatic heterocycles. The molecule has 2 aliphatic rings. The van der Waals surface area contributed by atoms with Crippen molar-refractivity contribution in [3.63, 3.8) is 0 Å². The van der Waals surface area contributed by atoms with E-state index in [1.54, 1.807) is 4.90 Å². The highest BCUT2D eigenvalue weighted by Crippen LogP contribution is 2.30. The van der Waals surface area contributed by atoms with Gasteiger partial charge in [-0.2, -0.15) is 0 Å². The highest BCUT2D eigenvalue weighted by Gasteiger charge is 2.26. The quantitative estimate of drug-likeness (QED) is 0.828. The van der Waals surface area contributed by atoms with Gasteiger partial charge in [0.05, 0.1) is 19.6 Å². The average Bonchev–Trinajstić information content (AvgIpc) is 2.59. The van der Waals surface area contributed by atoms with Gasteiger partial charge in [-0.3, -0.25) is 14.5 Å². The molecular weight excluding hydrogens is 310 g/mol. The lowest BCUT2D eigenvalue weighted by Gasteiger charge is -2.32. The largest absolute Gasteiger partial charge is 0.486 e. The molecule has 24 heavy (non-hydrogen) atoms. The van der Waals surface area contributed by atoms with Crippen LogP contribution in [0.3, 0.4) is 0 Å². The second kappa shape index (κ2) is 7.53. The fourth-order valence-electron chi connectivity index (χ4n) is 2.92. The van der Waals surface area contributed by atoms with Crippen LogP contribution in [0.1, 0.15) is 6.92 Å². The molecule has 130 valence electrons. The Bertz CT molecular complexity index is 607. The van der Waals surface area contributed by atoms with Crippen molar-refractivity contribution < 1.29 is 19.1 Å². The summed E-state index contributed by atoms with van der Waals surface area (Å²) in [5, 5.41) is 2.76. The number of para-hydroxylation sites is 2. The Balaban J connectivity index is 1.54. The third-order valence-electron chi connectivity index (χ3n) is 4.20. The van der Waals surface area contributed by atoms with E-state index in [1.807, 2.05) is 36.1 Å². The summed E-state index contributed by atoms with van der Waals surface area (Å²) in [6.45, 7) is 5.26. The van der Waals surface area contributed by atoms with Crippen LogP contribution in [0.5, 0.6) is 11.5 Å². The summed E-state index contributed by atoms with van der Waals surface area (Å²) >= 11 is 0. The zero-order chi connectivity index (χ0) is 16.9. The predicted molar refractivity (Wildman–Crippen MR) is 88.1 cm³/mol. The first-order valence-electron chi connectivity index (χ1n) is 8.31. The van der Waals surface area contributed by atoms with E-state index in [2.05, 4.69) is 5.32 Å². The van der Waals surface area contributed by atoms with Crippen molar-refractivity contribution in [1.29, 1.82) is 0 Å². The molecule has 2 heterocycles. The van der Waals surface area contributed by atoms with Gasteiger partial charge in [-0.05, 0) is 19.1 Å². The van der Waals surface area contributed by atoms with Crippen LogP contribution in [0.15, 0.2) is 24.3 Å². The fourth-order valence-corrected chi connectivity index (χ4v) is 2.92. The highest BCUT2D eigenvalue weighted by atomic mass is 16.6. The van der Waals surface area contributed by atoms with Crippen LogP contribution in [0.4, 0.5) is 0 Å². The first kappa shape index (κ1) is 16.6. The Labute approximate surface area is 141 Å². The molecule has 1 aromatic carbocycles. The molecule has 1 saturated heterocycles. The second-order valence-corrected chi connectivity index (χ2v) is 5.99. The number of benzene rings is 1. The number of amides is 2. The number of hydrogen-bond acceptors (Lipinski definition) is 5. The minimum absolute atomic E-state index is 0.00894. The van der Waals surface area contributed by atoms with Gasteiger partial charge in [-0.15, -0.1) is 0 Å². The van der Waals surface area contributed by atoms with Crippen LogP contribution in [0.2, 0.25) is 0 Å². The molecule has 1 N–H and O–H groups in total. The summed E-state index contributed by atoms with van der Waals surface area (Å²) in [7, 11) is 0. The Hall–Kier alpha value is -2.28. The van der Waals surface area contributed by atoms with Gasteiger partial charge >= 0.3 is 0 Å². The Morgan fingerprint density at radius 2 is 2.17 bits per heavy atom. The zero-order valence-corrected chi connectivity index (χ0v) is 13.9. The van der Waals surface area contributed by atoms with Crippen molar-refractivity contribution in [1.82, 2.24) is 15.1 Å². The lowest BCUT2D eigenvalue weighted by molar-refractivity contribution is -0.135. The van der Waals surface area contributed by atoms with Gasteiger partial charge in [-0.25, -0.2) is 0 Å². The number of piperazine rings is 1. The Morgan fingerprint density at radius 3 is 2.92 bits per heavy atom. The maximum absolute atomic E-state index is 12.5. The summed E-state index contributed by atoms with van der Waals surface area (Å²) in [6, 6.07) is 7.54. The minimum atomic E-state index is -0.187. The summed E-state index contributed by atoms with van der Waals surface area (Å²) in [5.74, 6) is 1.43. The summed E-state index contributed by atoms with van der Waals surface area (Å²) in [5.41, 5.74) is 0. The van der Waals surface area contributed by atoms with Crippen molar-refractivity contribution in [3.05, 3.63) is 24.3 Å². The van der Waals surface area contributed by atoms with Crippen molar-refractivity contribution in [2.45, 2.75) is 13.0 Å². The standard InChI is InChI=1S/C17H23N3O4/c1-2-20(17(22)11-19-8-7-18-16(21)10-19)9-13-12-23-14-5-3-4-6-15(14)24-13/h3-6,13H,2,7-12H2,1H3,(H,18,21)/t13-/m0/s1. The monoisotopic (exact) mass is 333 g/mol. The van der Waals surface area contributed by atoms with Gasteiger partial charge in [0.25, 0.3) is 0 Å². The molecule has 3 rings (SSSR count). The van der Waals surface area contributed by atoms with Crippen LogP contribution in [0, 0.1) is 0 Å². The van der Waals surface area contributed by atoms with Crippen LogP contribution in [-0.2, 0) is 9.59 Å². The molecule has 1 atom stereocenters. The van der Waals surface area contributed by atoms with Crippen molar-refractivity contribution >= 4 is 11.8 Å². The summed E-state index contributed by atoms with van der Waals surface area (Å²) < 4.78 is 11.6. The molecule has 0 radical (unpaired) electrons. The average molecular weight is 333 g/mol. The maximum Gasteiger partial charge on any atom is 0.236 e. The highest BCUT2D eigenvalue weighted by molar-refractivity contribution is 5.81. The van der Waals surface area contributed by atoms with Crippen molar-refractivity contribution in [3.8, 4) is 11.5 Å². The van der Waals surface area contributed by atoms with Gasteiger partial charge in [-0.1, -0.05) is 12.1 Å². The van der Waals surface area contributed by atoms with E-state index in [0.29, 0.717) is 38.5 Å². The molecular formula is C17H23N3O4. The van der Waals surface area contributed by atoms with Gasteiger partial charge in [0.2, 0.25) is 11.8 Å². The SMILES string of the molecule is CCN(C[C@H]1COc2ccccc2O1)C(=O)CN1CCNC(=O)C1. The number of fused-ring (bicyclic) bond motifs is 1. The topological polar surface area (TPSA) is 71.1 Å². The van der Waals surface area contributed by atoms with Crippen molar-refractivity contribution in [2.75, 3.05) is 45.9 Å². The number of ether oxygens (including phenoxy) is 2. The van der Waals surface area contributed by atoms with E-state index in [0.717, 1.165) is 5.75 Å². The number of rotatable bonds is 5. The van der Waals surface area contributed by atoms with Gasteiger partial charge in [0.15, 0.2) is 17.6 Å². The van der Waals surface area contributed by atoms with E-state index < -0.39 is 0 Å². The molecule has 7 heteroatoms. The molecule has 2 aliphatic heterocycles. The number of carbonyl (C=O) groups excluding carboxylic acids is 2. The Morgan fingerprint density at radius 1 is 1.38 bits per heavy atom. The van der Waals surface area contributed by atoms with Crippen molar-refractivity contribution in [2.24, 2.45) is 0 Å². The number of hydrogen-bond donors (Lipinski definition) is 1. The Kier molecular flexibility index (Phi) is 5.20. The third kappa shape index (κ3) is 3.97.